The smallest absolute Gasteiger partial charge is 0.265 e. The van der Waals surface area contributed by atoms with Crippen LogP contribution in [-0.2, 0) is 11.3 Å². The number of nitrogens with one attached hydrogen (secondary N) is 1. The highest BCUT2D eigenvalue weighted by Crippen LogP contribution is 2.20. The number of anilines is 1. The minimum absolute atomic E-state index is 0.165. The van der Waals surface area contributed by atoms with Crippen molar-refractivity contribution in [3.63, 3.8) is 0 Å². The van der Waals surface area contributed by atoms with Crippen molar-refractivity contribution in [1.82, 2.24) is 4.90 Å². The molecule has 0 fully saturated rings. The van der Waals surface area contributed by atoms with E-state index in [-0.39, 0.29) is 11.8 Å². The minimum Gasteiger partial charge on any atom is -0.481 e. The number of amides is 2. The van der Waals surface area contributed by atoms with E-state index in [1.165, 1.54) is 0 Å². The van der Waals surface area contributed by atoms with Crippen LogP contribution in [0.1, 0.15) is 28.4 Å². The highest BCUT2D eigenvalue weighted by Gasteiger charge is 2.20. The van der Waals surface area contributed by atoms with Crippen LogP contribution in [0.25, 0.3) is 0 Å². The first-order chi connectivity index (χ1) is 14.4. The second-order valence-corrected chi connectivity index (χ2v) is 7.26. The summed E-state index contributed by atoms with van der Waals surface area (Å²) < 4.78 is 5.75. The van der Waals surface area contributed by atoms with Crippen molar-refractivity contribution in [2.24, 2.45) is 0 Å². The first-order valence-corrected chi connectivity index (χ1v) is 9.86. The molecule has 3 rings (SSSR count). The van der Waals surface area contributed by atoms with Crippen molar-refractivity contribution in [3.8, 4) is 5.75 Å². The summed E-state index contributed by atoms with van der Waals surface area (Å²) in [6.07, 6.45) is -0.711. The van der Waals surface area contributed by atoms with E-state index in [1.54, 1.807) is 43.1 Å². The molecule has 1 N–H and O–H groups in total. The molecule has 0 aromatic heterocycles. The molecular formula is C25H26N2O3. The van der Waals surface area contributed by atoms with E-state index in [1.807, 2.05) is 61.5 Å². The molecule has 3 aromatic carbocycles. The number of hydrogen-bond acceptors (Lipinski definition) is 3. The fourth-order valence-corrected chi connectivity index (χ4v) is 3.09. The van der Waals surface area contributed by atoms with E-state index < -0.39 is 6.10 Å². The highest BCUT2D eigenvalue weighted by molar-refractivity contribution is 6.04. The minimum atomic E-state index is -0.711. The third-order valence-electron chi connectivity index (χ3n) is 4.70. The van der Waals surface area contributed by atoms with Crippen LogP contribution >= 0.6 is 0 Å². The van der Waals surface area contributed by atoms with Gasteiger partial charge in [0, 0.05) is 13.6 Å². The zero-order valence-electron chi connectivity index (χ0n) is 17.5. The van der Waals surface area contributed by atoms with Gasteiger partial charge in [-0.3, -0.25) is 9.59 Å². The van der Waals surface area contributed by atoms with Gasteiger partial charge in [-0.2, -0.15) is 0 Å². The van der Waals surface area contributed by atoms with Gasteiger partial charge in [0.1, 0.15) is 5.75 Å². The van der Waals surface area contributed by atoms with E-state index in [9.17, 15) is 9.59 Å². The Morgan fingerprint density at radius 2 is 1.67 bits per heavy atom. The first kappa shape index (κ1) is 21.1. The zero-order valence-corrected chi connectivity index (χ0v) is 17.5. The maximum absolute atomic E-state index is 13.0. The summed E-state index contributed by atoms with van der Waals surface area (Å²) in [5, 5.41) is 2.83. The van der Waals surface area contributed by atoms with Gasteiger partial charge in [0.2, 0.25) is 0 Å². The second kappa shape index (κ2) is 9.74. The quantitative estimate of drug-likeness (QED) is 0.625. The van der Waals surface area contributed by atoms with Crippen LogP contribution < -0.4 is 10.1 Å². The van der Waals surface area contributed by atoms with Crippen LogP contribution in [0.3, 0.4) is 0 Å². The molecule has 0 radical (unpaired) electrons. The van der Waals surface area contributed by atoms with Gasteiger partial charge in [-0.25, -0.2) is 0 Å². The van der Waals surface area contributed by atoms with Gasteiger partial charge >= 0.3 is 0 Å². The molecule has 0 saturated carbocycles. The molecule has 0 spiro atoms. The highest BCUT2D eigenvalue weighted by atomic mass is 16.5. The topological polar surface area (TPSA) is 58.6 Å². The number of para-hydroxylation sites is 1. The zero-order chi connectivity index (χ0) is 21.5. The standard InChI is InChI=1S/C25H26N2O3/c1-18-10-9-13-21(16-18)30-19(2)24(28)26-23-15-8-7-14-22(23)25(29)27(3)17-20-11-5-4-6-12-20/h4-16,19H,17H2,1-3H3,(H,26,28). The van der Waals surface area contributed by atoms with Crippen LogP contribution in [0.15, 0.2) is 78.9 Å². The molecule has 30 heavy (non-hydrogen) atoms. The van der Waals surface area contributed by atoms with Gasteiger partial charge < -0.3 is 15.0 Å². The molecule has 0 heterocycles. The lowest BCUT2D eigenvalue weighted by Crippen LogP contribution is -2.32. The molecule has 0 saturated heterocycles. The maximum Gasteiger partial charge on any atom is 0.265 e. The summed E-state index contributed by atoms with van der Waals surface area (Å²) in [4.78, 5) is 27.3. The summed E-state index contributed by atoms with van der Waals surface area (Å²) in [7, 11) is 1.75. The van der Waals surface area contributed by atoms with Gasteiger partial charge in [0.25, 0.3) is 11.8 Å². The lowest BCUT2D eigenvalue weighted by Gasteiger charge is -2.20. The van der Waals surface area contributed by atoms with Crippen LogP contribution in [-0.4, -0.2) is 29.9 Å². The molecule has 5 heteroatoms. The molecule has 0 aliphatic heterocycles. The number of aryl methyl sites for hydroxylation is 1. The third-order valence-corrected chi connectivity index (χ3v) is 4.70. The fourth-order valence-electron chi connectivity index (χ4n) is 3.09. The molecule has 0 bridgehead atoms. The van der Waals surface area contributed by atoms with Crippen molar-refractivity contribution < 1.29 is 14.3 Å². The number of nitrogens with zero attached hydrogens (tertiary/aromatic N) is 1. The Morgan fingerprint density at radius 1 is 0.967 bits per heavy atom. The molecule has 5 nitrogen and oxygen atoms in total. The number of hydrogen-bond donors (Lipinski definition) is 1. The second-order valence-electron chi connectivity index (χ2n) is 7.26. The average molecular weight is 402 g/mol. The Hall–Kier alpha value is -3.60. The fraction of sp³-hybridized carbons (Fsp3) is 0.200. The first-order valence-electron chi connectivity index (χ1n) is 9.86. The number of rotatable bonds is 7. The van der Waals surface area contributed by atoms with E-state index in [4.69, 9.17) is 4.74 Å². The van der Waals surface area contributed by atoms with Crippen molar-refractivity contribution >= 4 is 17.5 Å². The summed E-state index contributed by atoms with van der Waals surface area (Å²) in [5.41, 5.74) is 2.99. The average Bonchev–Trinajstić information content (AvgIpc) is 2.74. The molecule has 2 amide bonds. The summed E-state index contributed by atoms with van der Waals surface area (Å²) in [6, 6.07) is 24.3. The van der Waals surface area contributed by atoms with Crippen molar-refractivity contribution in [2.75, 3.05) is 12.4 Å². The van der Waals surface area contributed by atoms with Gasteiger partial charge in [-0.1, -0.05) is 54.6 Å². The monoisotopic (exact) mass is 402 g/mol. The van der Waals surface area contributed by atoms with Crippen LogP contribution in [0, 0.1) is 6.92 Å². The summed E-state index contributed by atoms with van der Waals surface area (Å²) in [6.45, 7) is 4.13. The van der Waals surface area contributed by atoms with E-state index in [0.29, 0.717) is 23.5 Å². The third kappa shape index (κ3) is 5.47. The Balaban J connectivity index is 1.69. The van der Waals surface area contributed by atoms with Gasteiger partial charge in [-0.15, -0.1) is 0 Å². The Morgan fingerprint density at radius 3 is 2.40 bits per heavy atom. The SMILES string of the molecule is Cc1cccc(OC(C)C(=O)Nc2ccccc2C(=O)N(C)Cc2ccccc2)c1. The van der Waals surface area contributed by atoms with E-state index >= 15 is 0 Å². The number of benzene rings is 3. The van der Waals surface area contributed by atoms with Crippen molar-refractivity contribution in [3.05, 3.63) is 95.6 Å². The Kier molecular flexibility index (Phi) is 6.86. The molecule has 0 aliphatic carbocycles. The normalized spacial score (nSPS) is 11.4. The Labute approximate surface area is 177 Å². The molecule has 1 unspecified atom stereocenters. The Bertz CT molecular complexity index is 1020. The molecule has 0 aliphatic rings. The predicted octanol–water partition coefficient (Wildman–Crippen LogP) is 4.67. The lowest BCUT2D eigenvalue weighted by atomic mass is 10.1. The maximum atomic E-state index is 13.0. The number of ether oxygens (including phenoxy) is 1. The summed E-state index contributed by atoms with van der Waals surface area (Å²) in [5.74, 6) is 0.147. The van der Waals surface area contributed by atoms with Gasteiger partial charge in [0.15, 0.2) is 6.10 Å². The largest absolute Gasteiger partial charge is 0.481 e. The number of carbonyl (C=O) groups excluding carboxylic acids is 2. The van der Waals surface area contributed by atoms with Crippen LogP contribution in [0.5, 0.6) is 5.75 Å². The lowest BCUT2D eigenvalue weighted by molar-refractivity contribution is -0.122. The molecule has 3 aromatic rings. The van der Waals surface area contributed by atoms with Crippen LogP contribution in [0.4, 0.5) is 5.69 Å². The van der Waals surface area contributed by atoms with Crippen molar-refractivity contribution in [2.45, 2.75) is 26.5 Å². The van der Waals surface area contributed by atoms with Gasteiger partial charge in [-0.05, 0) is 49.2 Å². The van der Waals surface area contributed by atoms with Gasteiger partial charge in [0.05, 0.1) is 11.3 Å². The van der Waals surface area contributed by atoms with E-state index in [0.717, 1.165) is 11.1 Å². The number of carbonyl (C=O) groups is 2. The molecule has 154 valence electrons. The predicted molar refractivity (Wildman–Crippen MR) is 119 cm³/mol. The van der Waals surface area contributed by atoms with E-state index in [2.05, 4.69) is 5.32 Å². The summed E-state index contributed by atoms with van der Waals surface area (Å²) >= 11 is 0. The van der Waals surface area contributed by atoms with Crippen LogP contribution in [0.2, 0.25) is 0 Å². The molecular weight excluding hydrogens is 376 g/mol. The molecule has 1 atom stereocenters. The van der Waals surface area contributed by atoms with Crippen molar-refractivity contribution in [1.29, 1.82) is 0 Å².